The standard InChI is InChI=1S/C20H23ClN2O3/c1-20(2,15-8-9-17-18(10-15)26-13-25-17)12-22-19(24)23(3)11-14-6-4-5-7-16(14)21/h4-10H,11-13H2,1-3H3,(H,22,24). The Morgan fingerprint density at radius 3 is 2.69 bits per heavy atom. The van der Waals surface area contributed by atoms with E-state index in [1.54, 1.807) is 11.9 Å². The van der Waals surface area contributed by atoms with E-state index in [1.165, 1.54) is 0 Å². The molecule has 0 aromatic heterocycles. The van der Waals surface area contributed by atoms with Gasteiger partial charge in [-0.3, -0.25) is 0 Å². The first-order valence-corrected chi connectivity index (χ1v) is 8.87. The third kappa shape index (κ3) is 4.05. The molecule has 0 bridgehead atoms. The smallest absolute Gasteiger partial charge is 0.317 e. The zero-order chi connectivity index (χ0) is 18.7. The third-order valence-electron chi connectivity index (χ3n) is 4.55. The Morgan fingerprint density at radius 2 is 1.92 bits per heavy atom. The summed E-state index contributed by atoms with van der Waals surface area (Å²) >= 11 is 6.17. The molecule has 3 rings (SSSR count). The van der Waals surface area contributed by atoms with Crippen molar-refractivity contribution >= 4 is 17.6 Å². The lowest BCUT2D eigenvalue weighted by molar-refractivity contribution is 0.174. The SMILES string of the molecule is CN(Cc1ccccc1Cl)C(=O)NCC(C)(C)c1ccc2c(c1)OCO2. The van der Waals surface area contributed by atoms with Crippen molar-refractivity contribution in [2.24, 2.45) is 0 Å². The first kappa shape index (κ1) is 18.4. The molecule has 1 aliphatic rings. The van der Waals surface area contributed by atoms with Crippen molar-refractivity contribution < 1.29 is 14.3 Å². The fourth-order valence-electron chi connectivity index (χ4n) is 2.81. The number of benzene rings is 2. The van der Waals surface area contributed by atoms with E-state index in [0.717, 1.165) is 22.6 Å². The number of nitrogens with one attached hydrogen (secondary N) is 1. The summed E-state index contributed by atoms with van der Waals surface area (Å²) in [6.07, 6.45) is 0. The highest BCUT2D eigenvalue weighted by Crippen LogP contribution is 2.36. The van der Waals surface area contributed by atoms with Crippen LogP contribution in [0.2, 0.25) is 5.02 Å². The van der Waals surface area contributed by atoms with E-state index in [1.807, 2.05) is 42.5 Å². The Labute approximate surface area is 158 Å². The van der Waals surface area contributed by atoms with Gasteiger partial charge in [0.15, 0.2) is 11.5 Å². The zero-order valence-corrected chi connectivity index (χ0v) is 16.0. The number of fused-ring (bicyclic) bond motifs is 1. The second-order valence-corrected chi connectivity index (χ2v) is 7.47. The lowest BCUT2D eigenvalue weighted by atomic mass is 9.84. The Hall–Kier alpha value is -2.40. The van der Waals surface area contributed by atoms with Crippen molar-refractivity contribution in [3.8, 4) is 11.5 Å². The number of amides is 2. The normalized spacial score (nSPS) is 12.8. The van der Waals surface area contributed by atoms with Gasteiger partial charge in [0, 0.05) is 30.6 Å². The van der Waals surface area contributed by atoms with Crippen LogP contribution in [-0.4, -0.2) is 31.3 Å². The first-order valence-electron chi connectivity index (χ1n) is 8.49. The monoisotopic (exact) mass is 374 g/mol. The number of hydrogen-bond acceptors (Lipinski definition) is 3. The topological polar surface area (TPSA) is 50.8 Å². The predicted octanol–water partition coefficient (Wildman–Crippen LogP) is 4.19. The zero-order valence-electron chi connectivity index (χ0n) is 15.2. The van der Waals surface area contributed by atoms with Crippen molar-refractivity contribution in [3.05, 3.63) is 58.6 Å². The van der Waals surface area contributed by atoms with Crippen LogP contribution in [0.15, 0.2) is 42.5 Å². The first-order chi connectivity index (χ1) is 12.4. The average Bonchev–Trinajstić information content (AvgIpc) is 3.09. The second kappa shape index (κ2) is 7.46. The molecule has 0 atom stereocenters. The van der Waals surface area contributed by atoms with Gasteiger partial charge < -0.3 is 19.7 Å². The molecule has 0 saturated heterocycles. The number of hydrogen-bond donors (Lipinski definition) is 1. The Kier molecular flexibility index (Phi) is 5.28. The van der Waals surface area contributed by atoms with E-state index in [2.05, 4.69) is 19.2 Å². The number of rotatable bonds is 5. The predicted molar refractivity (Wildman–Crippen MR) is 102 cm³/mol. The van der Waals surface area contributed by atoms with Crippen molar-refractivity contribution in [2.45, 2.75) is 25.8 Å². The number of ether oxygens (including phenoxy) is 2. The highest BCUT2D eigenvalue weighted by atomic mass is 35.5. The number of carbonyl (C=O) groups is 1. The molecule has 0 radical (unpaired) electrons. The quantitative estimate of drug-likeness (QED) is 0.853. The Balaban J connectivity index is 1.60. The highest BCUT2D eigenvalue weighted by molar-refractivity contribution is 6.31. The summed E-state index contributed by atoms with van der Waals surface area (Å²) in [5.41, 5.74) is 1.75. The summed E-state index contributed by atoms with van der Waals surface area (Å²) in [6.45, 7) is 5.37. The van der Waals surface area contributed by atoms with Gasteiger partial charge in [0.1, 0.15) is 0 Å². The molecule has 2 amide bonds. The summed E-state index contributed by atoms with van der Waals surface area (Å²) in [4.78, 5) is 14.1. The summed E-state index contributed by atoms with van der Waals surface area (Å²) in [7, 11) is 1.76. The van der Waals surface area contributed by atoms with Gasteiger partial charge in [-0.15, -0.1) is 0 Å². The van der Waals surface area contributed by atoms with Gasteiger partial charge in [0.25, 0.3) is 0 Å². The third-order valence-corrected chi connectivity index (χ3v) is 4.92. The van der Waals surface area contributed by atoms with Crippen molar-refractivity contribution in [2.75, 3.05) is 20.4 Å². The number of carbonyl (C=O) groups excluding carboxylic acids is 1. The summed E-state index contributed by atoms with van der Waals surface area (Å²) in [5, 5.41) is 3.66. The Bertz CT molecular complexity index is 807. The van der Waals surface area contributed by atoms with Gasteiger partial charge in [-0.05, 0) is 29.3 Å². The second-order valence-electron chi connectivity index (χ2n) is 7.06. The van der Waals surface area contributed by atoms with Crippen molar-refractivity contribution in [1.29, 1.82) is 0 Å². The highest BCUT2D eigenvalue weighted by Gasteiger charge is 2.25. The fraction of sp³-hybridized carbons (Fsp3) is 0.350. The van der Waals surface area contributed by atoms with E-state index in [9.17, 15) is 4.79 Å². The lowest BCUT2D eigenvalue weighted by Crippen LogP contribution is -2.42. The fourth-order valence-corrected chi connectivity index (χ4v) is 3.00. The maximum atomic E-state index is 12.5. The van der Waals surface area contributed by atoms with E-state index in [4.69, 9.17) is 21.1 Å². The van der Waals surface area contributed by atoms with Crippen LogP contribution in [0.25, 0.3) is 0 Å². The number of halogens is 1. The molecular formula is C20H23ClN2O3. The molecule has 0 fully saturated rings. The number of nitrogens with zero attached hydrogens (tertiary/aromatic N) is 1. The minimum Gasteiger partial charge on any atom is -0.454 e. The molecule has 1 N–H and O–H groups in total. The molecule has 26 heavy (non-hydrogen) atoms. The van der Waals surface area contributed by atoms with Gasteiger partial charge in [0.05, 0.1) is 0 Å². The molecular weight excluding hydrogens is 352 g/mol. The molecule has 2 aromatic rings. The van der Waals surface area contributed by atoms with Gasteiger partial charge in [-0.1, -0.05) is 49.7 Å². The van der Waals surface area contributed by atoms with E-state index in [-0.39, 0.29) is 18.2 Å². The molecule has 138 valence electrons. The van der Waals surface area contributed by atoms with Gasteiger partial charge in [-0.2, -0.15) is 0 Å². The van der Waals surface area contributed by atoms with E-state index >= 15 is 0 Å². The molecule has 0 unspecified atom stereocenters. The molecule has 5 nitrogen and oxygen atoms in total. The summed E-state index contributed by atoms with van der Waals surface area (Å²) in [6, 6.07) is 13.3. The molecule has 0 aliphatic carbocycles. The largest absolute Gasteiger partial charge is 0.454 e. The minimum absolute atomic E-state index is 0.140. The van der Waals surface area contributed by atoms with Crippen LogP contribution in [0.1, 0.15) is 25.0 Å². The lowest BCUT2D eigenvalue weighted by Gasteiger charge is -2.27. The average molecular weight is 375 g/mol. The van der Waals surface area contributed by atoms with Crippen LogP contribution in [0, 0.1) is 0 Å². The molecule has 1 heterocycles. The molecule has 1 aliphatic heterocycles. The van der Waals surface area contributed by atoms with Crippen LogP contribution >= 0.6 is 11.6 Å². The van der Waals surface area contributed by atoms with E-state index < -0.39 is 0 Å². The van der Waals surface area contributed by atoms with Crippen molar-refractivity contribution in [1.82, 2.24) is 10.2 Å². The van der Waals surface area contributed by atoms with Crippen LogP contribution in [0.4, 0.5) is 4.79 Å². The van der Waals surface area contributed by atoms with Gasteiger partial charge >= 0.3 is 6.03 Å². The van der Waals surface area contributed by atoms with Crippen molar-refractivity contribution in [3.63, 3.8) is 0 Å². The van der Waals surface area contributed by atoms with Gasteiger partial charge in [-0.25, -0.2) is 4.79 Å². The molecule has 6 heteroatoms. The van der Waals surface area contributed by atoms with Crippen LogP contribution in [-0.2, 0) is 12.0 Å². The van der Waals surface area contributed by atoms with Crippen LogP contribution < -0.4 is 14.8 Å². The van der Waals surface area contributed by atoms with Gasteiger partial charge in [0.2, 0.25) is 6.79 Å². The molecule has 0 spiro atoms. The maximum absolute atomic E-state index is 12.5. The number of urea groups is 1. The summed E-state index contributed by atoms with van der Waals surface area (Å²) in [5.74, 6) is 1.51. The Morgan fingerprint density at radius 1 is 1.19 bits per heavy atom. The van der Waals surface area contributed by atoms with Crippen LogP contribution in [0.5, 0.6) is 11.5 Å². The maximum Gasteiger partial charge on any atom is 0.317 e. The molecule has 2 aromatic carbocycles. The summed E-state index contributed by atoms with van der Waals surface area (Å²) < 4.78 is 10.8. The molecule has 0 saturated carbocycles. The minimum atomic E-state index is -0.248. The van der Waals surface area contributed by atoms with E-state index in [0.29, 0.717) is 18.1 Å². The van der Waals surface area contributed by atoms with Crippen LogP contribution in [0.3, 0.4) is 0 Å².